The molecule has 1 aromatic heterocycles. The minimum absolute atomic E-state index is 0.0124. The average molecular weight is 285 g/mol. The minimum atomic E-state index is -4.49. The minimum Gasteiger partial charge on any atom is -0.389 e. The smallest absolute Gasteiger partial charge is 0.389 e. The number of hydrogen-bond donors (Lipinski definition) is 2. The molecule has 0 aliphatic heterocycles. The van der Waals surface area contributed by atoms with Gasteiger partial charge in [0.25, 0.3) is 0 Å². The van der Waals surface area contributed by atoms with Crippen LogP contribution in [0.3, 0.4) is 0 Å². The Kier molecular flexibility index (Phi) is 5.18. The fourth-order valence-corrected chi connectivity index (χ4v) is 1.43. The van der Waals surface area contributed by atoms with E-state index in [1.54, 1.807) is 0 Å². The van der Waals surface area contributed by atoms with E-state index in [0.29, 0.717) is 0 Å². The number of methoxy groups -OCH3 is 1. The van der Waals surface area contributed by atoms with Gasteiger partial charge < -0.3 is 15.2 Å². The van der Waals surface area contributed by atoms with Gasteiger partial charge in [-0.3, -0.25) is 0 Å². The summed E-state index contributed by atoms with van der Waals surface area (Å²) in [6.07, 6.45) is -5.33. The molecule has 1 unspecified atom stereocenters. The van der Waals surface area contributed by atoms with Crippen molar-refractivity contribution in [3.05, 3.63) is 22.8 Å². The third-order valence-corrected chi connectivity index (χ3v) is 2.19. The molecule has 4 nitrogen and oxygen atoms in total. The van der Waals surface area contributed by atoms with E-state index in [0.717, 1.165) is 12.1 Å². The molecule has 0 amide bonds. The van der Waals surface area contributed by atoms with Gasteiger partial charge >= 0.3 is 6.18 Å². The Bertz CT molecular complexity index is 401. The monoisotopic (exact) mass is 284 g/mol. The van der Waals surface area contributed by atoms with Crippen molar-refractivity contribution in [1.29, 1.82) is 0 Å². The molecule has 2 N–H and O–H groups in total. The predicted molar refractivity (Wildman–Crippen MR) is 60.6 cm³/mol. The Morgan fingerprint density at radius 3 is 2.72 bits per heavy atom. The van der Waals surface area contributed by atoms with Gasteiger partial charge in [-0.05, 0) is 12.1 Å². The number of halogens is 4. The number of nitrogens with zero attached hydrogens (tertiary/aromatic N) is 1. The van der Waals surface area contributed by atoms with Crippen LogP contribution in [0.2, 0.25) is 5.15 Å². The first-order valence-electron chi connectivity index (χ1n) is 4.98. The highest BCUT2D eigenvalue weighted by Gasteiger charge is 2.31. The van der Waals surface area contributed by atoms with Gasteiger partial charge in [-0.1, -0.05) is 11.6 Å². The summed E-state index contributed by atoms with van der Waals surface area (Å²) in [5.41, 5.74) is -0.897. The summed E-state index contributed by atoms with van der Waals surface area (Å²) in [4.78, 5) is 3.68. The third kappa shape index (κ3) is 4.67. The van der Waals surface area contributed by atoms with Gasteiger partial charge in [0.1, 0.15) is 11.0 Å². The molecule has 0 radical (unpaired) electrons. The molecule has 1 aromatic rings. The Labute approximate surface area is 107 Å². The van der Waals surface area contributed by atoms with Crippen LogP contribution < -0.4 is 5.32 Å². The van der Waals surface area contributed by atoms with Crippen LogP contribution in [0.4, 0.5) is 19.0 Å². The lowest BCUT2D eigenvalue weighted by molar-refractivity contribution is -0.137. The van der Waals surface area contributed by atoms with Crippen molar-refractivity contribution in [2.24, 2.45) is 0 Å². The maximum absolute atomic E-state index is 12.5. The molecule has 0 spiro atoms. The molecule has 0 aromatic carbocycles. The molecular weight excluding hydrogens is 273 g/mol. The number of anilines is 1. The molecule has 1 rings (SSSR count). The number of rotatable bonds is 5. The van der Waals surface area contributed by atoms with Gasteiger partial charge in [0, 0.05) is 13.7 Å². The fourth-order valence-electron chi connectivity index (χ4n) is 1.22. The van der Waals surface area contributed by atoms with Crippen molar-refractivity contribution in [2.75, 3.05) is 25.6 Å². The van der Waals surface area contributed by atoms with Crippen molar-refractivity contribution in [1.82, 2.24) is 4.98 Å². The van der Waals surface area contributed by atoms with E-state index in [1.165, 1.54) is 7.11 Å². The molecule has 0 saturated heterocycles. The quantitative estimate of drug-likeness (QED) is 0.814. The van der Waals surface area contributed by atoms with Crippen molar-refractivity contribution < 1.29 is 23.0 Å². The number of ether oxygens (including phenoxy) is 1. The maximum atomic E-state index is 12.5. The van der Waals surface area contributed by atoms with Gasteiger partial charge in [-0.2, -0.15) is 13.2 Å². The van der Waals surface area contributed by atoms with Crippen LogP contribution in [0.1, 0.15) is 5.56 Å². The van der Waals surface area contributed by atoms with Crippen LogP contribution in [-0.4, -0.2) is 36.5 Å². The molecule has 0 fully saturated rings. The van der Waals surface area contributed by atoms with Gasteiger partial charge in [0.15, 0.2) is 0 Å². The second-order valence-electron chi connectivity index (χ2n) is 3.55. The molecule has 0 saturated carbocycles. The zero-order valence-corrected chi connectivity index (χ0v) is 10.2. The number of aliphatic hydroxyl groups excluding tert-OH is 1. The van der Waals surface area contributed by atoms with E-state index in [2.05, 4.69) is 15.0 Å². The first kappa shape index (κ1) is 15.0. The number of hydrogen-bond acceptors (Lipinski definition) is 4. The van der Waals surface area contributed by atoms with Gasteiger partial charge in [0.2, 0.25) is 0 Å². The lowest BCUT2D eigenvalue weighted by Gasteiger charge is -2.13. The van der Waals surface area contributed by atoms with Gasteiger partial charge in [-0.15, -0.1) is 0 Å². The summed E-state index contributed by atoms with van der Waals surface area (Å²) in [7, 11) is 1.41. The zero-order chi connectivity index (χ0) is 13.8. The van der Waals surface area contributed by atoms with Crippen LogP contribution in [0.5, 0.6) is 0 Å². The summed E-state index contributed by atoms with van der Waals surface area (Å²) < 4.78 is 42.1. The summed E-state index contributed by atoms with van der Waals surface area (Å²) in [5.74, 6) is -0.0509. The summed E-state index contributed by atoms with van der Waals surface area (Å²) in [5, 5.41) is 11.6. The molecular formula is C10H12ClF3N2O2. The largest absolute Gasteiger partial charge is 0.416 e. The van der Waals surface area contributed by atoms with E-state index in [1.807, 2.05) is 0 Å². The van der Waals surface area contributed by atoms with Crippen LogP contribution in [-0.2, 0) is 10.9 Å². The number of nitrogens with one attached hydrogen (secondary N) is 1. The first-order valence-corrected chi connectivity index (χ1v) is 5.36. The summed E-state index contributed by atoms with van der Waals surface area (Å²) in [6, 6.07) is 1.56. The summed E-state index contributed by atoms with van der Waals surface area (Å²) in [6.45, 7) is 0.0815. The SMILES string of the molecule is COCC(O)CNc1cc(C(F)(F)F)cc(Cl)n1. The Morgan fingerprint density at radius 1 is 1.50 bits per heavy atom. The molecule has 0 aliphatic rings. The Balaban J connectivity index is 2.75. The van der Waals surface area contributed by atoms with Gasteiger partial charge in [0.05, 0.1) is 18.3 Å². The average Bonchev–Trinajstić information content (AvgIpc) is 2.25. The fraction of sp³-hybridized carbons (Fsp3) is 0.500. The molecule has 0 bridgehead atoms. The zero-order valence-electron chi connectivity index (χ0n) is 9.46. The molecule has 8 heteroatoms. The standard InChI is InChI=1S/C10H12ClF3N2O2/c1-18-5-7(17)4-15-9-3-6(10(12,13)14)2-8(11)16-9/h2-3,7,17H,4-5H2,1H3,(H,15,16). The van der Waals surface area contributed by atoms with Crippen molar-refractivity contribution in [2.45, 2.75) is 12.3 Å². The van der Waals surface area contributed by atoms with E-state index >= 15 is 0 Å². The molecule has 0 aliphatic carbocycles. The Morgan fingerprint density at radius 2 is 2.17 bits per heavy atom. The van der Waals surface area contributed by atoms with Crippen LogP contribution in [0.25, 0.3) is 0 Å². The van der Waals surface area contributed by atoms with E-state index in [9.17, 15) is 18.3 Å². The predicted octanol–water partition coefficient (Wildman–Crippen LogP) is 2.17. The van der Waals surface area contributed by atoms with Crippen molar-refractivity contribution in [3.8, 4) is 0 Å². The van der Waals surface area contributed by atoms with E-state index in [-0.39, 0.29) is 24.1 Å². The first-order chi connectivity index (χ1) is 8.32. The van der Waals surface area contributed by atoms with Crippen molar-refractivity contribution >= 4 is 17.4 Å². The second-order valence-corrected chi connectivity index (χ2v) is 3.94. The highest BCUT2D eigenvalue weighted by atomic mass is 35.5. The number of alkyl halides is 3. The van der Waals surface area contributed by atoms with Crippen LogP contribution in [0, 0.1) is 0 Å². The number of aromatic nitrogens is 1. The summed E-state index contributed by atoms with van der Waals surface area (Å²) >= 11 is 5.49. The van der Waals surface area contributed by atoms with E-state index < -0.39 is 17.8 Å². The van der Waals surface area contributed by atoms with Crippen LogP contribution in [0.15, 0.2) is 12.1 Å². The van der Waals surface area contributed by atoms with E-state index in [4.69, 9.17) is 11.6 Å². The highest BCUT2D eigenvalue weighted by Crippen LogP contribution is 2.31. The molecule has 18 heavy (non-hydrogen) atoms. The topological polar surface area (TPSA) is 54.4 Å². The number of pyridine rings is 1. The van der Waals surface area contributed by atoms with Crippen LogP contribution >= 0.6 is 11.6 Å². The molecule has 1 atom stereocenters. The maximum Gasteiger partial charge on any atom is 0.416 e. The third-order valence-electron chi connectivity index (χ3n) is 2.00. The number of aliphatic hydroxyl groups is 1. The van der Waals surface area contributed by atoms with Gasteiger partial charge in [-0.25, -0.2) is 4.98 Å². The molecule has 102 valence electrons. The normalized spacial score (nSPS) is 13.4. The molecule has 1 heterocycles. The lowest BCUT2D eigenvalue weighted by atomic mass is 10.2. The lowest BCUT2D eigenvalue weighted by Crippen LogP contribution is -2.24. The highest BCUT2D eigenvalue weighted by molar-refractivity contribution is 6.29. The van der Waals surface area contributed by atoms with Crippen molar-refractivity contribution in [3.63, 3.8) is 0 Å². The second kappa shape index (κ2) is 6.21. The Hall–Kier alpha value is -1.05.